The largest absolute Gasteiger partial charge is 0.476 e. The Morgan fingerprint density at radius 2 is 2.10 bits per heavy atom. The highest BCUT2D eigenvalue weighted by molar-refractivity contribution is 9.10. The van der Waals surface area contributed by atoms with Gasteiger partial charge in [-0.1, -0.05) is 22.0 Å². The van der Waals surface area contributed by atoms with Crippen LogP contribution in [0.25, 0.3) is 11.0 Å². The molecule has 29 heavy (non-hydrogen) atoms. The first-order chi connectivity index (χ1) is 14.2. The first-order valence-electron chi connectivity index (χ1n) is 9.38. The van der Waals surface area contributed by atoms with E-state index >= 15 is 0 Å². The minimum Gasteiger partial charge on any atom is -0.476 e. The number of benzene rings is 1. The fourth-order valence-corrected chi connectivity index (χ4v) is 3.55. The molecule has 3 heterocycles. The number of hydrogen-bond donors (Lipinski definition) is 1. The summed E-state index contributed by atoms with van der Waals surface area (Å²) in [4.78, 5) is 11.3. The summed E-state index contributed by atoms with van der Waals surface area (Å²) in [5.41, 5.74) is 3.20. The van der Waals surface area contributed by atoms with Gasteiger partial charge in [-0.05, 0) is 24.3 Å². The lowest BCUT2D eigenvalue weighted by molar-refractivity contribution is 0.0320. The van der Waals surface area contributed by atoms with Crippen LogP contribution in [-0.2, 0) is 4.74 Å². The van der Waals surface area contributed by atoms with Gasteiger partial charge >= 0.3 is 0 Å². The summed E-state index contributed by atoms with van der Waals surface area (Å²) >= 11 is 3.47. The SMILES string of the molecule is N#Cc1cnc2ccc(OCCN3CCOCC3)nc2c1Nc1cccc(Br)c1. The minimum absolute atomic E-state index is 0.426. The molecule has 4 rings (SSSR count). The van der Waals surface area contributed by atoms with Crippen LogP contribution in [0.5, 0.6) is 5.88 Å². The number of nitrogens with zero attached hydrogens (tertiary/aromatic N) is 4. The van der Waals surface area contributed by atoms with Crippen molar-refractivity contribution >= 4 is 38.3 Å². The molecule has 1 aliphatic heterocycles. The zero-order chi connectivity index (χ0) is 20.1. The first kappa shape index (κ1) is 19.6. The van der Waals surface area contributed by atoms with Crippen LogP contribution >= 0.6 is 15.9 Å². The van der Waals surface area contributed by atoms with Gasteiger partial charge in [-0.15, -0.1) is 0 Å². The van der Waals surface area contributed by atoms with Gasteiger partial charge in [-0.3, -0.25) is 9.88 Å². The lowest BCUT2D eigenvalue weighted by atomic mass is 10.2. The highest BCUT2D eigenvalue weighted by Crippen LogP contribution is 2.29. The summed E-state index contributed by atoms with van der Waals surface area (Å²) in [6, 6.07) is 13.6. The summed E-state index contributed by atoms with van der Waals surface area (Å²) in [6.45, 7) is 4.74. The van der Waals surface area contributed by atoms with Crippen LogP contribution in [0.1, 0.15) is 5.56 Å². The Balaban J connectivity index is 1.57. The number of aromatic nitrogens is 2. The van der Waals surface area contributed by atoms with Crippen molar-refractivity contribution < 1.29 is 9.47 Å². The number of anilines is 2. The van der Waals surface area contributed by atoms with Crippen molar-refractivity contribution in [2.24, 2.45) is 0 Å². The van der Waals surface area contributed by atoms with Crippen molar-refractivity contribution in [2.75, 3.05) is 44.8 Å². The summed E-state index contributed by atoms with van der Waals surface area (Å²) < 4.78 is 12.2. The predicted octanol–water partition coefficient (Wildman–Crippen LogP) is 3.72. The summed E-state index contributed by atoms with van der Waals surface area (Å²) in [5.74, 6) is 0.514. The van der Waals surface area contributed by atoms with E-state index in [-0.39, 0.29) is 0 Å². The number of rotatable bonds is 6. The van der Waals surface area contributed by atoms with Crippen molar-refractivity contribution in [1.82, 2.24) is 14.9 Å². The van der Waals surface area contributed by atoms with Crippen LogP contribution in [0.2, 0.25) is 0 Å². The molecule has 2 aromatic heterocycles. The molecule has 148 valence electrons. The standard InChI is InChI=1S/C21H20BrN5O2/c22-16-2-1-3-17(12-16)25-20-15(13-23)14-24-18-4-5-19(26-21(18)20)29-11-8-27-6-9-28-10-7-27/h1-5,12,14H,6-11H2,(H,24,25). The van der Waals surface area contributed by atoms with Crippen LogP contribution < -0.4 is 10.1 Å². The molecule has 8 heteroatoms. The quantitative estimate of drug-likeness (QED) is 0.608. The zero-order valence-corrected chi connectivity index (χ0v) is 17.4. The number of hydrogen-bond acceptors (Lipinski definition) is 7. The normalized spacial score (nSPS) is 14.5. The molecule has 0 bridgehead atoms. The van der Waals surface area contributed by atoms with Crippen molar-refractivity contribution in [3.8, 4) is 11.9 Å². The van der Waals surface area contributed by atoms with Gasteiger partial charge in [0.15, 0.2) is 0 Å². The summed E-state index contributed by atoms with van der Waals surface area (Å²) in [5, 5.41) is 12.9. The fourth-order valence-electron chi connectivity index (χ4n) is 3.15. The lowest BCUT2D eigenvalue weighted by Gasteiger charge is -2.26. The maximum atomic E-state index is 9.55. The van der Waals surface area contributed by atoms with Gasteiger partial charge in [0.2, 0.25) is 5.88 Å². The van der Waals surface area contributed by atoms with Crippen molar-refractivity contribution in [3.63, 3.8) is 0 Å². The van der Waals surface area contributed by atoms with Gasteiger partial charge in [-0.25, -0.2) is 4.98 Å². The van der Waals surface area contributed by atoms with Gasteiger partial charge in [-0.2, -0.15) is 5.26 Å². The molecule has 1 saturated heterocycles. The van der Waals surface area contributed by atoms with Crippen LogP contribution in [0.4, 0.5) is 11.4 Å². The number of morpholine rings is 1. The third kappa shape index (κ3) is 4.82. The van der Waals surface area contributed by atoms with E-state index in [1.54, 1.807) is 6.20 Å². The van der Waals surface area contributed by atoms with E-state index in [4.69, 9.17) is 9.47 Å². The van der Waals surface area contributed by atoms with E-state index in [9.17, 15) is 5.26 Å². The maximum absolute atomic E-state index is 9.55. The van der Waals surface area contributed by atoms with E-state index in [0.29, 0.717) is 34.8 Å². The molecular weight excluding hydrogens is 434 g/mol. The van der Waals surface area contributed by atoms with Crippen LogP contribution in [0, 0.1) is 11.3 Å². The summed E-state index contributed by atoms with van der Waals surface area (Å²) in [6.07, 6.45) is 1.56. The number of pyridine rings is 2. The average molecular weight is 454 g/mol. The first-order valence-corrected chi connectivity index (χ1v) is 10.2. The summed E-state index contributed by atoms with van der Waals surface area (Å²) in [7, 11) is 0. The predicted molar refractivity (Wildman–Crippen MR) is 114 cm³/mol. The van der Waals surface area contributed by atoms with Crippen LogP contribution in [0.3, 0.4) is 0 Å². The third-order valence-electron chi connectivity index (χ3n) is 4.66. The monoisotopic (exact) mass is 453 g/mol. The van der Waals surface area contributed by atoms with Crippen molar-refractivity contribution in [3.05, 3.63) is 52.6 Å². The topological polar surface area (TPSA) is 83.3 Å². The molecule has 0 amide bonds. The van der Waals surface area contributed by atoms with E-state index in [0.717, 1.165) is 43.0 Å². The van der Waals surface area contributed by atoms with Gasteiger partial charge in [0.25, 0.3) is 0 Å². The Kier molecular flexibility index (Phi) is 6.20. The van der Waals surface area contributed by atoms with E-state index < -0.39 is 0 Å². The van der Waals surface area contributed by atoms with Crippen LogP contribution in [-0.4, -0.2) is 54.3 Å². The second kappa shape index (κ2) is 9.18. The van der Waals surface area contributed by atoms with E-state index in [1.165, 1.54) is 0 Å². The van der Waals surface area contributed by atoms with Crippen molar-refractivity contribution in [2.45, 2.75) is 0 Å². The maximum Gasteiger partial charge on any atom is 0.214 e. The lowest BCUT2D eigenvalue weighted by Crippen LogP contribution is -2.38. The molecule has 0 aliphatic carbocycles. The molecule has 0 spiro atoms. The molecule has 1 fully saturated rings. The average Bonchev–Trinajstić information content (AvgIpc) is 2.75. The number of halogens is 1. The third-order valence-corrected chi connectivity index (χ3v) is 5.16. The second-order valence-electron chi connectivity index (χ2n) is 6.61. The van der Waals surface area contributed by atoms with E-state index in [1.807, 2.05) is 36.4 Å². The molecular formula is C21H20BrN5O2. The van der Waals surface area contributed by atoms with Gasteiger partial charge in [0, 0.05) is 42.1 Å². The fraction of sp³-hybridized carbons (Fsp3) is 0.286. The Hall–Kier alpha value is -2.73. The zero-order valence-electron chi connectivity index (χ0n) is 15.8. The number of ether oxygens (including phenoxy) is 2. The Labute approximate surface area is 177 Å². The molecule has 3 aromatic rings. The smallest absolute Gasteiger partial charge is 0.214 e. The van der Waals surface area contributed by atoms with Crippen LogP contribution in [0.15, 0.2) is 47.1 Å². The number of nitrogens with one attached hydrogen (secondary N) is 1. The molecule has 1 N–H and O–H groups in total. The molecule has 1 aliphatic rings. The Bertz CT molecular complexity index is 1050. The number of nitriles is 1. The molecule has 1 aromatic carbocycles. The molecule has 0 saturated carbocycles. The Morgan fingerprint density at radius 3 is 2.90 bits per heavy atom. The minimum atomic E-state index is 0.426. The van der Waals surface area contributed by atoms with Crippen molar-refractivity contribution in [1.29, 1.82) is 5.26 Å². The molecule has 0 atom stereocenters. The molecule has 7 nitrogen and oxygen atoms in total. The van der Waals surface area contributed by atoms with Gasteiger partial charge in [0.1, 0.15) is 18.2 Å². The van der Waals surface area contributed by atoms with Gasteiger partial charge in [0.05, 0.1) is 30.0 Å². The van der Waals surface area contributed by atoms with Gasteiger partial charge < -0.3 is 14.8 Å². The van der Waals surface area contributed by atoms with E-state index in [2.05, 4.69) is 42.2 Å². The molecule has 0 radical (unpaired) electrons. The highest BCUT2D eigenvalue weighted by Gasteiger charge is 2.13. The number of fused-ring (bicyclic) bond motifs is 1. The second-order valence-corrected chi connectivity index (χ2v) is 7.53. The highest BCUT2D eigenvalue weighted by atomic mass is 79.9. The molecule has 0 unspecified atom stereocenters. The Morgan fingerprint density at radius 1 is 1.24 bits per heavy atom.